The fraction of sp³-hybridized carbons (Fsp3) is 0.286. The van der Waals surface area contributed by atoms with E-state index in [1.165, 1.54) is 0 Å². The summed E-state index contributed by atoms with van der Waals surface area (Å²) in [6, 6.07) is 7.52. The molecule has 0 saturated heterocycles. The number of aromatic nitrogens is 2. The van der Waals surface area contributed by atoms with E-state index < -0.39 is 6.10 Å². The van der Waals surface area contributed by atoms with Gasteiger partial charge in [-0.3, -0.25) is 4.98 Å². The molecule has 2 aromatic rings. The molecule has 1 atom stereocenters. The molecule has 0 aliphatic rings. The summed E-state index contributed by atoms with van der Waals surface area (Å²) < 4.78 is 5.93. The van der Waals surface area contributed by atoms with E-state index in [1.54, 1.807) is 25.6 Å². The molecule has 1 N–H and O–H groups in total. The zero-order valence-electron chi connectivity index (χ0n) is 10.6. The number of aliphatic hydroxyl groups is 1. The second kappa shape index (κ2) is 6.63. The lowest BCUT2D eigenvalue weighted by molar-refractivity contribution is 0.174. The van der Waals surface area contributed by atoms with Gasteiger partial charge in [-0.15, -0.1) is 0 Å². The molecular weight excluding hydrogens is 308 g/mol. The first-order valence-electron chi connectivity index (χ1n) is 5.95. The minimum absolute atomic E-state index is 0.469. The Balaban J connectivity index is 1.92. The lowest BCUT2D eigenvalue weighted by Crippen LogP contribution is -2.14. The summed E-state index contributed by atoms with van der Waals surface area (Å²) in [7, 11) is 1.58. The van der Waals surface area contributed by atoms with E-state index in [9.17, 15) is 5.11 Å². The van der Waals surface area contributed by atoms with Crippen LogP contribution in [0, 0.1) is 0 Å². The van der Waals surface area contributed by atoms with Crippen molar-refractivity contribution < 1.29 is 9.84 Å². The van der Waals surface area contributed by atoms with Crippen LogP contribution < -0.4 is 4.74 Å². The molecule has 4 nitrogen and oxygen atoms in total. The van der Waals surface area contributed by atoms with Crippen LogP contribution in [0.4, 0.5) is 0 Å². The average molecular weight is 323 g/mol. The topological polar surface area (TPSA) is 55.2 Å². The Morgan fingerprint density at radius 2 is 2.00 bits per heavy atom. The molecular formula is C14H15BrN2O2. The maximum atomic E-state index is 10.0. The zero-order valence-corrected chi connectivity index (χ0v) is 12.2. The lowest BCUT2D eigenvalue weighted by atomic mass is 10.1. The number of methoxy groups -OCH3 is 1. The first-order chi connectivity index (χ1) is 9.17. The van der Waals surface area contributed by atoms with E-state index in [4.69, 9.17) is 4.74 Å². The van der Waals surface area contributed by atoms with Gasteiger partial charge in [-0.1, -0.05) is 6.07 Å². The Hall–Kier alpha value is -1.46. The summed E-state index contributed by atoms with van der Waals surface area (Å²) in [5, 5.41) is 10.0. The first-order valence-corrected chi connectivity index (χ1v) is 6.74. The summed E-state index contributed by atoms with van der Waals surface area (Å²) in [6.45, 7) is 0. The molecule has 0 spiro atoms. The number of halogens is 1. The van der Waals surface area contributed by atoms with Crippen LogP contribution >= 0.6 is 15.9 Å². The van der Waals surface area contributed by atoms with E-state index in [-0.39, 0.29) is 0 Å². The predicted octanol–water partition coefficient (Wildman–Crippen LogP) is 2.39. The summed E-state index contributed by atoms with van der Waals surface area (Å²) in [5.74, 6) is 0.577. The number of hydrogen-bond acceptors (Lipinski definition) is 4. The van der Waals surface area contributed by atoms with Crippen molar-refractivity contribution in [2.24, 2.45) is 0 Å². The lowest BCUT2D eigenvalue weighted by Gasteiger charge is -2.10. The van der Waals surface area contributed by atoms with Gasteiger partial charge in [0.25, 0.3) is 0 Å². The van der Waals surface area contributed by atoms with Gasteiger partial charge in [0.05, 0.1) is 13.2 Å². The second-order valence-corrected chi connectivity index (χ2v) is 5.15. The monoisotopic (exact) mass is 322 g/mol. The highest BCUT2D eigenvalue weighted by molar-refractivity contribution is 9.10. The van der Waals surface area contributed by atoms with Crippen molar-refractivity contribution in [2.45, 2.75) is 18.9 Å². The van der Waals surface area contributed by atoms with Gasteiger partial charge < -0.3 is 9.84 Å². The molecule has 19 heavy (non-hydrogen) atoms. The van der Waals surface area contributed by atoms with Crippen molar-refractivity contribution in [3.8, 4) is 5.88 Å². The third-order valence-corrected chi connectivity index (χ3v) is 3.18. The molecule has 5 heteroatoms. The summed E-state index contributed by atoms with van der Waals surface area (Å²) in [6.07, 6.45) is 4.06. The normalized spacial score (nSPS) is 12.2. The van der Waals surface area contributed by atoms with Crippen molar-refractivity contribution in [1.29, 1.82) is 0 Å². The zero-order chi connectivity index (χ0) is 13.7. The van der Waals surface area contributed by atoms with Crippen molar-refractivity contribution in [1.82, 2.24) is 9.97 Å². The average Bonchev–Trinajstić information content (AvgIpc) is 2.42. The Morgan fingerprint density at radius 3 is 2.58 bits per heavy atom. The minimum atomic E-state index is -0.469. The van der Waals surface area contributed by atoms with Gasteiger partial charge in [-0.05, 0) is 33.6 Å². The highest BCUT2D eigenvalue weighted by atomic mass is 79.9. The fourth-order valence-corrected chi connectivity index (χ4v) is 2.00. The Bertz CT molecular complexity index is 514. The van der Waals surface area contributed by atoms with E-state index in [0.29, 0.717) is 18.7 Å². The minimum Gasteiger partial charge on any atom is -0.481 e. The number of ether oxygens (including phenoxy) is 1. The third-order valence-electron chi connectivity index (χ3n) is 2.71. The molecule has 0 saturated carbocycles. The maximum absolute atomic E-state index is 10.0. The second-order valence-electron chi connectivity index (χ2n) is 4.24. The van der Waals surface area contributed by atoms with Crippen LogP contribution in [0.1, 0.15) is 11.3 Å². The van der Waals surface area contributed by atoms with Crippen molar-refractivity contribution in [3.05, 3.63) is 52.4 Å². The quantitative estimate of drug-likeness (QED) is 0.918. The highest BCUT2D eigenvalue weighted by Crippen LogP contribution is 2.12. The maximum Gasteiger partial charge on any atom is 0.212 e. The van der Waals surface area contributed by atoms with Crippen molar-refractivity contribution >= 4 is 15.9 Å². The molecule has 0 bridgehead atoms. The van der Waals surface area contributed by atoms with Gasteiger partial charge in [0.15, 0.2) is 0 Å². The molecule has 2 heterocycles. The Morgan fingerprint density at radius 1 is 1.16 bits per heavy atom. The molecule has 0 radical (unpaired) electrons. The van der Waals surface area contributed by atoms with Gasteiger partial charge in [0, 0.05) is 41.5 Å². The van der Waals surface area contributed by atoms with E-state index in [2.05, 4.69) is 25.9 Å². The summed E-state index contributed by atoms with van der Waals surface area (Å²) >= 11 is 3.33. The molecule has 0 amide bonds. The number of aliphatic hydroxyl groups excluding tert-OH is 1. The van der Waals surface area contributed by atoms with Gasteiger partial charge >= 0.3 is 0 Å². The van der Waals surface area contributed by atoms with Crippen molar-refractivity contribution in [2.75, 3.05) is 7.11 Å². The summed E-state index contributed by atoms with van der Waals surface area (Å²) in [4.78, 5) is 8.36. The van der Waals surface area contributed by atoms with Gasteiger partial charge in [0.1, 0.15) is 0 Å². The number of hydrogen-bond donors (Lipinski definition) is 1. The molecule has 2 rings (SSSR count). The van der Waals surface area contributed by atoms with Crippen LogP contribution in [0.3, 0.4) is 0 Å². The summed E-state index contributed by atoms with van der Waals surface area (Å²) in [5.41, 5.74) is 1.85. The SMILES string of the molecule is COc1ccc(CC(O)Cc2ccc(Br)cn2)cn1. The van der Waals surface area contributed by atoms with Crippen LogP contribution in [0.25, 0.3) is 0 Å². The Kier molecular flexibility index (Phi) is 4.87. The third kappa shape index (κ3) is 4.29. The van der Waals surface area contributed by atoms with Gasteiger partial charge in [-0.2, -0.15) is 0 Å². The first kappa shape index (κ1) is 14.0. The fourth-order valence-electron chi connectivity index (χ4n) is 1.77. The highest BCUT2D eigenvalue weighted by Gasteiger charge is 2.08. The van der Waals surface area contributed by atoms with Crippen LogP contribution in [0.15, 0.2) is 41.1 Å². The Labute approximate surface area is 120 Å². The van der Waals surface area contributed by atoms with Crippen LogP contribution in [0.2, 0.25) is 0 Å². The predicted molar refractivity (Wildman–Crippen MR) is 76.1 cm³/mol. The number of pyridine rings is 2. The van der Waals surface area contributed by atoms with E-state index >= 15 is 0 Å². The van der Waals surface area contributed by atoms with E-state index in [1.807, 2.05) is 18.2 Å². The van der Waals surface area contributed by atoms with Gasteiger partial charge in [0.2, 0.25) is 5.88 Å². The molecule has 0 aliphatic carbocycles. The molecule has 1 unspecified atom stereocenters. The smallest absolute Gasteiger partial charge is 0.212 e. The van der Waals surface area contributed by atoms with Gasteiger partial charge in [-0.25, -0.2) is 4.98 Å². The van der Waals surface area contributed by atoms with E-state index in [0.717, 1.165) is 15.7 Å². The molecule has 2 aromatic heterocycles. The van der Waals surface area contributed by atoms with Crippen LogP contribution in [-0.4, -0.2) is 28.3 Å². The number of rotatable bonds is 5. The van der Waals surface area contributed by atoms with Crippen LogP contribution in [-0.2, 0) is 12.8 Å². The molecule has 0 fully saturated rings. The molecule has 0 aromatic carbocycles. The number of nitrogens with zero attached hydrogens (tertiary/aromatic N) is 2. The van der Waals surface area contributed by atoms with Crippen molar-refractivity contribution in [3.63, 3.8) is 0 Å². The van der Waals surface area contributed by atoms with Crippen LogP contribution in [0.5, 0.6) is 5.88 Å². The largest absolute Gasteiger partial charge is 0.481 e. The molecule has 0 aliphatic heterocycles. The standard InChI is InChI=1S/C14H15BrN2O2/c1-19-14-5-2-10(8-17-14)6-13(18)7-12-4-3-11(15)9-16-12/h2-5,8-9,13,18H,6-7H2,1H3. The molecule has 100 valence electrons.